The number of nitriles is 1. The lowest BCUT2D eigenvalue weighted by atomic mass is 10.1. The van der Waals surface area contributed by atoms with Crippen molar-refractivity contribution in [1.29, 1.82) is 5.26 Å². The summed E-state index contributed by atoms with van der Waals surface area (Å²) in [6.07, 6.45) is -3.45. The summed E-state index contributed by atoms with van der Waals surface area (Å²) in [5.74, 6) is -0.842. The van der Waals surface area contributed by atoms with Crippen LogP contribution < -0.4 is 10.6 Å². The van der Waals surface area contributed by atoms with Crippen LogP contribution >= 0.6 is 11.6 Å². The predicted molar refractivity (Wildman–Crippen MR) is 98.3 cm³/mol. The molecule has 0 radical (unpaired) electrons. The van der Waals surface area contributed by atoms with E-state index in [2.05, 4.69) is 10.6 Å². The first kappa shape index (κ1) is 20.3. The van der Waals surface area contributed by atoms with E-state index in [-0.39, 0.29) is 11.3 Å². The number of aryl methyl sites for hydroxylation is 2. The third-order valence-corrected chi connectivity index (χ3v) is 3.98. The molecule has 2 aromatic carbocycles. The Kier molecular flexibility index (Phi) is 6.13. The highest BCUT2D eigenvalue weighted by atomic mass is 35.5. The minimum absolute atomic E-state index is 0.121. The highest BCUT2D eigenvalue weighted by Gasteiger charge is 2.33. The van der Waals surface area contributed by atoms with Crippen LogP contribution in [-0.2, 0) is 11.0 Å². The number of hydrogen-bond donors (Lipinski definition) is 2. The number of anilines is 2. The van der Waals surface area contributed by atoms with Gasteiger partial charge in [0.2, 0.25) is 0 Å². The number of nitrogens with zero attached hydrogens (tertiary/aromatic N) is 1. The van der Waals surface area contributed by atoms with Gasteiger partial charge in [-0.1, -0.05) is 29.3 Å². The molecule has 2 rings (SSSR count). The minimum Gasteiger partial charge on any atom is -0.360 e. The lowest BCUT2D eigenvalue weighted by Crippen LogP contribution is -2.15. The molecular weight excluding hydrogens is 379 g/mol. The van der Waals surface area contributed by atoms with Gasteiger partial charge in [-0.2, -0.15) is 18.4 Å². The lowest BCUT2D eigenvalue weighted by Gasteiger charge is -2.12. The average molecular weight is 394 g/mol. The van der Waals surface area contributed by atoms with Gasteiger partial charge in [-0.15, -0.1) is 0 Å². The molecule has 4 nitrogen and oxygen atoms in total. The van der Waals surface area contributed by atoms with Crippen molar-refractivity contribution >= 4 is 28.9 Å². The van der Waals surface area contributed by atoms with E-state index >= 15 is 0 Å². The van der Waals surface area contributed by atoms with Crippen LogP contribution in [0.3, 0.4) is 0 Å². The summed E-state index contributed by atoms with van der Waals surface area (Å²) in [4.78, 5) is 12.2. The van der Waals surface area contributed by atoms with Crippen LogP contribution in [0.15, 0.2) is 48.2 Å². The SMILES string of the molecule is Cc1ccc(N/C=C(/C#N)C(=O)Nc2ccc(Cl)c(C(F)(F)F)c2)c(C)c1. The Labute approximate surface area is 159 Å². The van der Waals surface area contributed by atoms with Gasteiger partial charge in [-0.3, -0.25) is 4.79 Å². The molecule has 0 aliphatic heterocycles. The number of hydrogen-bond acceptors (Lipinski definition) is 3. The van der Waals surface area contributed by atoms with Gasteiger partial charge in [0.25, 0.3) is 5.91 Å². The zero-order chi connectivity index (χ0) is 20.2. The molecule has 140 valence electrons. The molecule has 0 spiro atoms. The summed E-state index contributed by atoms with van der Waals surface area (Å²) >= 11 is 5.54. The number of benzene rings is 2. The Bertz CT molecular complexity index is 946. The van der Waals surface area contributed by atoms with E-state index in [1.54, 1.807) is 12.1 Å². The normalized spacial score (nSPS) is 11.7. The Morgan fingerprint density at radius 3 is 2.48 bits per heavy atom. The summed E-state index contributed by atoms with van der Waals surface area (Å²) in [7, 11) is 0. The van der Waals surface area contributed by atoms with Crippen LogP contribution in [-0.4, -0.2) is 5.91 Å². The number of rotatable bonds is 4. The first-order valence-electron chi connectivity index (χ1n) is 7.74. The highest BCUT2D eigenvalue weighted by Crippen LogP contribution is 2.36. The zero-order valence-corrected chi connectivity index (χ0v) is 15.2. The molecule has 0 unspecified atom stereocenters. The van der Waals surface area contributed by atoms with Gasteiger partial charge in [0.15, 0.2) is 0 Å². The number of nitrogens with one attached hydrogen (secondary N) is 2. The number of alkyl halides is 3. The van der Waals surface area contributed by atoms with Crippen molar-refractivity contribution in [2.45, 2.75) is 20.0 Å². The molecule has 0 saturated heterocycles. The van der Waals surface area contributed by atoms with E-state index in [4.69, 9.17) is 11.6 Å². The van der Waals surface area contributed by atoms with Crippen molar-refractivity contribution in [2.75, 3.05) is 10.6 Å². The van der Waals surface area contributed by atoms with Crippen LogP contribution in [0, 0.1) is 25.2 Å². The number of amides is 1. The monoisotopic (exact) mass is 393 g/mol. The largest absolute Gasteiger partial charge is 0.417 e. The second kappa shape index (κ2) is 8.14. The van der Waals surface area contributed by atoms with Crippen LogP contribution in [0.2, 0.25) is 5.02 Å². The Balaban J connectivity index is 2.19. The Morgan fingerprint density at radius 1 is 1.19 bits per heavy atom. The van der Waals surface area contributed by atoms with Gasteiger partial charge in [0.05, 0.1) is 10.6 Å². The fourth-order valence-corrected chi connectivity index (χ4v) is 2.52. The van der Waals surface area contributed by atoms with Gasteiger partial charge in [0, 0.05) is 17.6 Å². The van der Waals surface area contributed by atoms with Gasteiger partial charge in [0.1, 0.15) is 11.6 Å². The molecule has 2 N–H and O–H groups in total. The molecule has 0 aromatic heterocycles. The van der Waals surface area contributed by atoms with E-state index in [1.165, 1.54) is 12.3 Å². The van der Waals surface area contributed by atoms with E-state index in [0.717, 1.165) is 17.2 Å². The van der Waals surface area contributed by atoms with Crippen LogP contribution in [0.5, 0.6) is 0 Å². The summed E-state index contributed by atoms with van der Waals surface area (Å²) in [5.41, 5.74) is 1.19. The van der Waals surface area contributed by atoms with Crippen molar-refractivity contribution in [1.82, 2.24) is 0 Å². The van der Waals surface area contributed by atoms with Gasteiger partial charge < -0.3 is 10.6 Å². The van der Waals surface area contributed by atoms with E-state index < -0.39 is 22.7 Å². The summed E-state index contributed by atoms with van der Waals surface area (Å²) in [6, 6.07) is 10.3. The predicted octanol–water partition coefficient (Wildman–Crippen LogP) is 5.43. The zero-order valence-electron chi connectivity index (χ0n) is 14.4. The second-order valence-electron chi connectivity index (χ2n) is 5.78. The molecule has 0 aliphatic carbocycles. The average Bonchev–Trinajstić information content (AvgIpc) is 2.57. The van der Waals surface area contributed by atoms with Crippen molar-refractivity contribution in [3.63, 3.8) is 0 Å². The Morgan fingerprint density at radius 2 is 1.89 bits per heavy atom. The van der Waals surface area contributed by atoms with Crippen LogP contribution in [0.1, 0.15) is 16.7 Å². The third kappa shape index (κ3) is 5.25. The molecule has 0 atom stereocenters. The van der Waals surface area contributed by atoms with Gasteiger partial charge in [-0.05, 0) is 43.7 Å². The summed E-state index contributed by atoms with van der Waals surface area (Å²) in [6.45, 7) is 3.80. The van der Waals surface area contributed by atoms with E-state index in [1.807, 2.05) is 26.0 Å². The fourth-order valence-electron chi connectivity index (χ4n) is 2.29. The Hall–Kier alpha value is -2.98. The highest BCUT2D eigenvalue weighted by molar-refractivity contribution is 6.31. The molecule has 8 heteroatoms. The maximum absolute atomic E-state index is 12.9. The number of halogens is 4. The van der Waals surface area contributed by atoms with Gasteiger partial charge in [-0.25, -0.2) is 0 Å². The quantitative estimate of drug-likeness (QED) is 0.537. The van der Waals surface area contributed by atoms with Gasteiger partial charge >= 0.3 is 6.18 Å². The smallest absolute Gasteiger partial charge is 0.360 e. The summed E-state index contributed by atoms with van der Waals surface area (Å²) < 4.78 is 38.7. The molecule has 2 aromatic rings. The molecule has 0 heterocycles. The molecular formula is C19H15ClF3N3O. The molecule has 0 bridgehead atoms. The molecule has 0 aliphatic rings. The van der Waals surface area contributed by atoms with Crippen LogP contribution in [0.25, 0.3) is 0 Å². The molecule has 0 saturated carbocycles. The van der Waals surface area contributed by atoms with Crippen molar-refractivity contribution in [2.24, 2.45) is 0 Å². The molecule has 1 amide bonds. The maximum atomic E-state index is 12.9. The van der Waals surface area contributed by atoms with Crippen molar-refractivity contribution < 1.29 is 18.0 Å². The third-order valence-electron chi connectivity index (χ3n) is 3.65. The standard InChI is InChI=1S/C19H15ClF3N3O/c1-11-3-6-17(12(2)7-11)25-10-13(9-24)18(27)26-14-4-5-16(20)15(8-14)19(21,22)23/h3-8,10,25H,1-2H3,(H,26,27)/b13-10-. The number of carbonyl (C=O) groups is 1. The van der Waals surface area contributed by atoms with Crippen LogP contribution in [0.4, 0.5) is 24.5 Å². The van der Waals surface area contributed by atoms with Crippen molar-refractivity contribution in [3.8, 4) is 6.07 Å². The minimum atomic E-state index is -4.66. The maximum Gasteiger partial charge on any atom is 0.417 e. The van der Waals surface area contributed by atoms with Crippen molar-refractivity contribution in [3.05, 3.63) is 69.9 Å². The molecule has 0 fully saturated rings. The fraction of sp³-hybridized carbons (Fsp3) is 0.158. The summed E-state index contributed by atoms with van der Waals surface area (Å²) in [5, 5.41) is 13.8. The first-order chi connectivity index (χ1) is 12.6. The first-order valence-corrected chi connectivity index (χ1v) is 8.12. The van der Waals surface area contributed by atoms with E-state index in [0.29, 0.717) is 11.8 Å². The molecule has 27 heavy (non-hydrogen) atoms. The second-order valence-corrected chi connectivity index (χ2v) is 6.19. The lowest BCUT2D eigenvalue weighted by molar-refractivity contribution is -0.137. The van der Waals surface area contributed by atoms with E-state index in [9.17, 15) is 23.2 Å². The topological polar surface area (TPSA) is 64.9 Å². The number of carbonyl (C=O) groups excluding carboxylic acids is 1.